The molecular weight excluding hydrogens is 423 g/mol. The molecule has 0 atom stereocenters. The summed E-state index contributed by atoms with van der Waals surface area (Å²) >= 11 is 0. The maximum absolute atomic E-state index is 14.2. The number of rotatable bonds is 6. The van der Waals surface area contributed by atoms with Crippen molar-refractivity contribution in [1.29, 1.82) is 0 Å². The van der Waals surface area contributed by atoms with Gasteiger partial charge in [-0.2, -0.15) is 5.10 Å². The second-order valence-corrected chi connectivity index (χ2v) is 8.55. The molecule has 0 radical (unpaired) electrons. The van der Waals surface area contributed by atoms with Crippen molar-refractivity contribution >= 4 is 28.4 Å². The van der Waals surface area contributed by atoms with Gasteiger partial charge in [0.05, 0.1) is 17.4 Å². The van der Waals surface area contributed by atoms with Gasteiger partial charge in [-0.15, -0.1) is 0 Å². The molecule has 4 rings (SSSR count). The van der Waals surface area contributed by atoms with Crippen molar-refractivity contribution in [3.8, 4) is 11.3 Å². The summed E-state index contributed by atoms with van der Waals surface area (Å²) in [5.74, 6) is -1.21. The summed E-state index contributed by atoms with van der Waals surface area (Å²) in [4.78, 5) is 31.2. The van der Waals surface area contributed by atoms with E-state index in [4.69, 9.17) is 0 Å². The van der Waals surface area contributed by atoms with Gasteiger partial charge in [0.25, 0.3) is 5.91 Å². The van der Waals surface area contributed by atoms with Gasteiger partial charge in [0.1, 0.15) is 5.82 Å². The van der Waals surface area contributed by atoms with Crippen LogP contribution in [0, 0.1) is 5.82 Å². The van der Waals surface area contributed by atoms with Gasteiger partial charge in [0, 0.05) is 28.7 Å². The average molecular weight is 451 g/mol. The monoisotopic (exact) mass is 450 g/mol. The molecule has 1 aliphatic rings. The number of carbonyl (C=O) groups excluding carboxylic acids is 2. The quantitative estimate of drug-likeness (QED) is 0.499. The van der Waals surface area contributed by atoms with Crippen molar-refractivity contribution in [2.45, 2.75) is 37.8 Å². The molecule has 2 aromatic heterocycles. The van der Waals surface area contributed by atoms with Gasteiger partial charge < -0.3 is 15.5 Å². The van der Waals surface area contributed by atoms with Gasteiger partial charge in [-0.1, -0.05) is 6.58 Å². The van der Waals surface area contributed by atoms with E-state index >= 15 is 0 Å². The van der Waals surface area contributed by atoms with Crippen LogP contribution in [0.25, 0.3) is 22.2 Å². The van der Waals surface area contributed by atoms with Gasteiger partial charge in [-0.3, -0.25) is 19.7 Å². The lowest BCUT2D eigenvalue weighted by Gasteiger charge is -2.32. The first-order valence-corrected chi connectivity index (χ1v) is 10.9. The summed E-state index contributed by atoms with van der Waals surface area (Å²) in [6.45, 7) is 3.40. The standard InChI is InChI=1S/C24H27FN6O2/c1-4-22(32)27-17-10-14(9-15(25)11-17)20-12-19-21(13-26-20)29-30-23(19)24(33)28-16-5-7-18(8-6-16)31(2)3/h4,9-13,16,18H,1,5-8H2,2-3H3,(H,27,32)(H,28,33)(H,29,30). The molecule has 2 heterocycles. The second-order valence-electron chi connectivity index (χ2n) is 8.55. The van der Waals surface area contributed by atoms with E-state index in [-0.39, 0.29) is 23.3 Å². The highest BCUT2D eigenvalue weighted by Gasteiger charge is 2.25. The number of pyridine rings is 1. The van der Waals surface area contributed by atoms with Crippen molar-refractivity contribution in [3.63, 3.8) is 0 Å². The highest BCUT2D eigenvalue weighted by molar-refractivity contribution is 6.05. The summed E-state index contributed by atoms with van der Waals surface area (Å²) in [6, 6.07) is 6.50. The number of aromatic nitrogens is 3. The molecule has 1 aliphatic carbocycles. The minimum absolute atomic E-state index is 0.112. The van der Waals surface area contributed by atoms with Crippen molar-refractivity contribution in [2.24, 2.45) is 0 Å². The van der Waals surface area contributed by atoms with Crippen LogP contribution in [-0.4, -0.2) is 58.1 Å². The molecule has 2 amide bonds. The van der Waals surface area contributed by atoms with Gasteiger partial charge >= 0.3 is 0 Å². The second kappa shape index (κ2) is 9.50. The Kier molecular flexibility index (Phi) is 6.50. The number of aromatic amines is 1. The molecule has 0 aliphatic heterocycles. The smallest absolute Gasteiger partial charge is 0.272 e. The Morgan fingerprint density at radius 3 is 2.64 bits per heavy atom. The molecule has 8 nitrogen and oxygen atoms in total. The van der Waals surface area contributed by atoms with Gasteiger partial charge in [-0.05, 0) is 70.1 Å². The zero-order chi connectivity index (χ0) is 23.5. The lowest BCUT2D eigenvalue weighted by atomic mass is 9.90. The first kappa shape index (κ1) is 22.6. The fourth-order valence-electron chi connectivity index (χ4n) is 4.24. The molecule has 3 aromatic rings. The highest BCUT2D eigenvalue weighted by Crippen LogP contribution is 2.27. The fraction of sp³-hybridized carbons (Fsp3) is 0.333. The number of hydrogen-bond acceptors (Lipinski definition) is 5. The van der Waals surface area contributed by atoms with Crippen molar-refractivity contribution in [1.82, 2.24) is 25.4 Å². The number of benzene rings is 1. The van der Waals surface area contributed by atoms with E-state index in [9.17, 15) is 14.0 Å². The topological polar surface area (TPSA) is 103 Å². The molecule has 0 unspecified atom stereocenters. The molecule has 9 heteroatoms. The molecule has 172 valence electrons. The van der Waals surface area contributed by atoms with E-state index in [1.54, 1.807) is 18.3 Å². The molecular formula is C24H27FN6O2. The van der Waals surface area contributed by atoms with E-state index in [0.717, 1.165) is 31.8 Å². The number of nitrogens with zero attached hydrogens (tertiary/aromatic N) is 3. The number of nitrogens with one attached hydrogen (secondary N) is 3. The van der Waals surface area contributed by atoms with E-state index < -0.39 is 11.7 Å². The van der Waals surface area contributed by atoms with Crippen LogP contribution in [0.1, 0.15) is 36.2 Å². The minimum Gasteiger partial charge on any atom is -0.348 e. The lowest BCUT2D eigenvalue weighted by Crippen LogP contribution is -2.41. The predicted molar refractivity (Wildman–Crippen MR) is 125 cm³/mol. The fourth-order valence-corrected chi connectivity index (χ4v) is 4.24. The van der Waals surface area contributed by atoms with E-state index in [0.29, 0.717) is 28.2 Å². The average Bonchev–Trinajstić information content (AvgIpc) is 3.22. The molecule has 0 spiro atoms. The molecule has 0 bridgehead atoms. The minimum atomic E-state index is -0.521. The molecule has 1 saturated carbocycles. The van der Waals surface area contributed by atoms with Crippen LogP contribution in [0.5, 0.6) is 0 Å². The largest absolute Gasteiger partial charge is 0.348 e. The normalized spacial score (nSPS) is 18.3. The van der Waals surface area contributed by atoms with Crippen LogP contribution in [0.15, 0.2) is 43.1 Å². The van der Waals surface area contributed by atoms with Crippen LogP contribution < -0.4 is 10.6 Å². The van der Waals surface area contributed by atoms with E-state index in [1.807, 2.05) is 0 Å². The zero-order valence-corrected chi connectivity index (χ0v) is 18.7. The van der Waals surface area contributed by atoms with E-state index in [2.05, 4.69) is 51.4 Å². The summed E-state index contributed by atoms with van der Waals surface area (Å²) in [5, 5.41) is 13.3. The first-order valence-electron chi connectivity index (χ1n) is 10.9. The number of anilines is 1. The van der Waals surface area contributed by atoms with Crippen LogP contribution in [0.2, 0.25) is 0 Å². The number of halogens is 1. The van der Waals surface area contributed by atoms with Crippen molar-refractivity contribution in [2.75, 3.05) is 19.4 Å². The predicted octanol–water partition coefficient (Wildman–Crippen LogP) is 3.49. The van der Waals surface area contributed by atoms with Gasteiger partial charge in [-0.25, -0.2) is 4.39 Å². The van der Waals surface area contributed by atoms with E-state index in [1.165, 1.54) is 12.1 Å². The van der Waals surface area contributed by atoms with Crippen LogP contribution in [0.3, 0.4) is 0 Å². The maximum Gasteiger partial charge on any atom is 0.272 e. The molecule has 33 heavy (non-hydrogen) atoms. The Hall–Kier alpha value is -3.59. The molecule has 3 N–H and O–H groups in total. The third-order valence-corrected chi connectivity index (χ3v) is 6.07. The summed E-state index contributed by atoms with van der Waals surface area (Å²) < 4.78 is 14.2. The number of fused-ring (bicyclic) bond motifs is 1. The SMILES string of the molecule is C=CC(=O)Nc1cc(F)cc(-c2cc3c(C(=O)NC4CCC(N(C)C)CC4)n[nH]c3cn2)c1. The number of hydrogen-bond donors (Lipinski definition) is 3. The zero-order valence-electron chi connectivity index (χ0n) is 18.7. The van der Waals surface area contributed by atoms with Crippen LogP contribution >= 0.6 is 0 Å². The van der Waals surface area contributed by atoms with Crippen LogP contribution in [-0.2, 0) is 4.79 Å². The number of H-pyrrole nitrogens is 1. The third-order valence-electron chi connectivity index (χ3n) is 6.07. The molecule has 1 aromatic carbocycles. The maximum atomic E-state index is 14.2. The van der Waals surface area contributed by atoms with Gasteiger partial charge in [0.2, 0.25) is 5.91 Å². The lowest BCUT2D eigenvalue weighted by molar-refractivity contribution is -0.111. The Morgan fingerprint density at radius 1 is 1.18 bits per heavy atom. The summed E-state index contributed by atoms with van der Waals surface area (Å²) in [7, 11) is 4.17. The Morgan fingerprint density at radius 2 is 1.94 bits per heavy atom. The molecule has 1 fully saturated rings. The summed E-state index contributed by atoms with van der Waals surface area (Å²) in [5.41, 5.74) is 2.09. The van der Waals surface area contributed by atoms with Crippen molar-refractivity contribution < 1.29 is 14.0 Å². The Balaban J connectivity index is 1.56. The molecule has 0 saturated heterocycles. The number of amides is 2. The van der Waals surface area contributed by atoms with Gasteiger partial charge in [0.15, 0.2) is 5.69 Å². The van der Waals surface area contributed by atoms with Crippen molar-refractivity contribution in [3.05, 3.63) is 54.6 Å². The Bertz CT molecular complexity index is 1200. The number of carbonyl (C=O) groups is 2. The van der Waals surface area contributed by atoms with Crippen LogP contribution in [0.4, 0.5) is 10.1 Å². The first-order chi connectivity index (χ1) is 15.8. The third kappa shape index (κ3) is 5.09. The Labute approximate surface area is 191 Å². The summed E-state index contributed by atoms with van der Waals surface area (Å²) in [6.07, 6.45) is 6.59. The highest BCUT2D eigenvalue weighted by atomic mass is 19.1.